The molecule has 2 atom stereocenters. The van der Waals surface area contributed by atoms with Crippen molar-refractivity contribution in [3.63, 3.8) is 0 Å². The molecule has 56 valence electrons. The van der Waals surface area contributed by atoms with Crippen LogP contribution in [0.4, 0.5) is 0 Å². The van der Waals surface area contributed by atoms with E-state index < -0.39 is 0 Å². The molecule has 0 saturated carbocycles. The Balaban J connectivity index is 2.45. The van der Waals surface area contributed by atoms with Gasteiger partial charge < -0.3 is 11.1 Å². The number of hydrogen-bond donors (Lipinski definition) is 2. The Morgan fingerprint density at radius 3 is 2.70 bits per heavy atom. The van der Waals surface area contributed by atoms with Gasteiger partial charge in [0.1, 0.15) is 0 Å². The number of carbonyl (C=O) groups is 1. The second-order valence-corrected chi connectivity index (χ2v) is 2.52. The van der Waals surface area contributed by atoms with Crippen LogP contribution in [0, 0.1) is 5.92 Å². The van der Waals surface area contributed by atoms with Crippen molar-refractivity contribution in [1.29, 1.82) is 0 Å². The van der Waals surface area contributed by atoms with Crippen molar-refractivity contribution in [2.75, 3.05) is 7.05 Å². The zero-order valence-corrected chi connectivity index (χ0v) is 6.00. The highest BCUT2D eigenvalue weighted by Gasteiger charge is 2.20. The van der Waals surface area contributed by atoms with Crippen LogP contribution in [0.2, 0.25) is 0 Å². The molecule has 3 heteroatoms. The van der Waals surface area contributed by atoms with Gasteiger partial charge in [0.05, 0.1) is 5.92 Å². The standard InChI is InChI=1S/C7H12N2O/c1-9-6-3-2-5(4-6)7(8)10/h2-3,5-6,9H,4H2,1H3,(H2,8,10). The molecule has 0 aromatic rings. The zero-order chi connectivity index (χ0) is 7.56. The maximum absolute atomic E-state index is 10.6. The molecule has 0 fully saturated rings. The molecule has 0 aromatic heterocycles. The van der Waals surface area contributed by atoms with Crippen LogP contribution in [0.5, 0.6) is 0 Å². The van der Waals surface area contributed by atoms with Crippen LogP contribution in [0.1, 0.15) is 6.42 Å². The lowest BCUT2D eigenvalue weighted by Crippen LogP contribution is -2.26. The number of carbonyl (C=O) groups excluding carboxylic acids is 1. The minimum Gasteiger partial charge on any atom is -0.369 e. The minimum absolute atomic E-state index is 0.0579. The summed E-state index contributed by atoms with van der Waals surface area (Å²) in [6, 6.07) is 0.331. The summed E-state index contributed by atoms with van der Waals surface area (Å²) in [5.41, 5.74) is 5.10. The van der Waals surface area contributed by atoms with Crippen LogP contribution in [0.25, 0.3) is 0 Å². The first-order valence-electron chi connectivity index (χ1n) is 3.39. The predicted molar refractivity (Wildman–Crippen MR) is 39.3 cm³/mol. The maximum atomic E-state index is 10.6. The first-order valence-corrected chi connectivity index (χ1v) is 3.39. The molecule has 0 radical (unpaired) electrons. The zero-order valence-electron chi connectivity index (χ0n) is 6.00. The summed E-state index contributed by atoms with van der Waals surface area (Å²) >= 11 is 0. The van der Waals surface area contributed by atoms with E-state index in [2.05, 4.69) is 5.32 Å². The fraction of sp³-hybridized carbons (Fsp3) is 0.571. The van der Waals surface area contributed by atoms with Gasteiger partial charge >= 0.3 is 0 Å². The maximum Gasteiger partial charge on any atom is 0.224 e. The average molecular weight is 140 g/mol. The number of nitrogens with one attached hydrogen (secondary N) is 1. The lowest BCUT2D eigenvalue weighted by molar-refractivity contribution is -0.120. The quantitative estimate of drug-likeness (QED) is 0.514. The number of amides is 1. The van der Waals surface area contributed by atoms with Gasteiger partial charge in [0.2, 0.25) is 5.91 Å². The van der Waals surface area contributed by atoms with Crippen LogP contribution in [-0.4, -0.2) is 19.0 Å². The molecular formula is C7H12N2O. The summed E-state index contributed by atoms with van der Waals surface area (Å²) in [6.45, 7) is 0. The first-order chi connectivity index (χ1) is 4.74. The summed E-state index contributed by atoms with van der Waals surface area (Å²) in [6.07, 6.45) is 4.66. The molecule has 1 aliphatic rings. The van der Waals surface area contributed by atoms with Gasteiger partial charge in [0.15, 0.2) is 0 Å². The van der Waals surface area contributed by atoms with E-state index in [0.29, 0.717) is 6.04 Å². The highest BCUT2D eigenvalue weighted by atomic mass is 16.1. The van der Waals surface area contributed by atoms with E-state index in [9.17, 15) is 4.79 Å². The Morgan fingerprint density at radius 1 is 1.70 bits per heavy atom. The van der Waals surface area contributed by atoms with Crippen LogP contribution >= 0.6 is 0 Å². The van der Waals surface area contributed by atoms with Gasteiger partial charge in [-0.3, -0.25) is 4.79 Å². The summed E-state index contributed by atoms with van der Waals surface area (Å²) in [5.74, 6) is -0.286. The third kappa shape index (κ3) is 1.36. The highest BCUT2D eigenvalue weighted by Crippen LogP contribution is 2.16. The summed E-state index contributed by atoms with van der Waals surface area (Å²) < 4.78 is 0. The topological polar surface area (TPSA) is 55.1 Å². The van der Waals surface area contributed by atoms with Crippen LogP contribution < -0.4 is 11.1 Å². The monoisotopic (exact) mass is 140 g/mol. The van der Waals surface area contributed by atoms with Crippen LogP contribution in [-0.2, 0) is 4.79 Å². The lowest BCUT2D eigenvalue weighted by atomic mass is 10.1. The fourth-order valence-electron chi connectivity index (χ4n) is 1.12. The van der Waals surface area contributed by atoms with Gasteiger partial charge in [-0.15, -0.1) is 0 Å². The second-order valence-electron chi connectivity index (χ2n) is 2.52. The van der Waals surface area contributed by atoms with Crippen molar-refractivity contribution in [3.8, 4) is 0 Å². The van der Waals surface area contributed by atoms with Crippen molar-refractivity contribution >= 4 is 5.91 Å². The molecule has 10 heavy (non-hydrogen) atoms. The Morgan fingerprint density at radius 2 is 2.40 bits per heavy atom. The van der Waals surface area contributed by atoms with Gasteiger partial charge in [-0.2, -0.15) is 0 Å². The Labute approximate surface area is 60.3 Å². The van der Waals surface area contributed by atoms with E-state index in [1.54, 1.807) is 0 Å². The van der Waals surface area contributed by atoms with Crippen molar-refractivity contribution < 1.29 is 4.79 Å². The Kier molecular flexibility index (Phi) is 2.06. The molecule has 0 bridgehead atoms. The normalized spacial score (nSPS) is 30.9. The largest absolute Gasteiger partial charge is 0.369 e. The molecule has 0 spiro atoms. The molecule has 1 rings (SSSR count). The van der Waals surface area contributed by atoms with Gasteiger partial charge in [0.25, 0.3) is 0 Å². The van der Waals surface area contributed by atoms with Gasteiger partial charge in [-0.05, 0) is 13.5 Å². The van der Waals surface area contributed by atoms with Crippen molar-refractivity contribution in [2.45, 2.75) is 12.5 Å². The second kappa shape index (κ2) is 2.84. The molecule has 0 heterocycles. The summed E-state index contributed by atoms with van der Waals surface area (Å²) in [5, 5.41) is 3.05. The van der Waals surface area contributed by atoms with Gasteiger partial charge in [-0.1, -0.05) is 12.2 Å². The van der Waals surface area contributed by atoms with Crippen LogP contribution in [0.3, 0.4) is 0 Å². The highest BCUT2D eigenvalue weighted by molar-refractivity contribution is 5.79. The number of rotatable bonds is 2. The molecule has 3 N–H and O–H groups in total. The van der Waals surface area contributed by atoms with E-state index >= 15 is 0 Å². The van der Waals surface area contributed by atoms with E-state index in [0.717, 1.165) is 6.42 Å². The fourth-order valence-corrected chi connectivity index (χ4v) is 1.12. The third-order valence-corrected chi connectivity index (χ3v) is 1.82. The van der Waals surface area contributed by atoms with E-state index in [1.807, 2.05) is 19.2 Å². The molecule has 1 amide bonds. The smallest absolute Gasteiger partial charge is 0.224 e. The lowest BCUT2D eigenvalue weighted by Gasteiger charge is -2.06. The third-order valence-electron chi connectivity index (χ3n) is 1.82. The predicted octanol–water partition coefficient (Wildman–Crippen LogP) is -0.364. The molecule has 0 saturated heterocycles. The Hall–Kier alpha value is -0.830. The van der Waals surface area contributed by atoms with E-state index in [4.69, 9.17) is 5.73 Å². The SMILES string of the molecule is CNC1C=CC(C(N)=O)C1. The molecule has 2 unspecified atom stereocenters. The number of primary amides is 1. The minimum atomic E-state index is -0.228. The summed E-state index contributed by atoms with van der Waals surface area (Å²) in [7, 11) is 1.87. The number of likely N-dealkylation sites (N-methyl/N-ethyl adjacent to an activating group) is 1. The Bertz CT molecular complexity index is 165. The van der Waals surface area contributed by atoms with E-state index in [-0.39, 0.29) is 11.8 Å². The molecule has 0 aromatic carbocycles. The van der Waals surface area contributed by atoms with Crippen molar-refractivity contribution in [2.24, 2.45) is 11.7 Å². The van der Waals surface area contributed by atoms with Crippen molar-refractivity contribution in [1.82, 2.24) is 5.32 Å². The van der Waals surface area contributed by atoms with Gasteiger partial charge in [-0.25, -0.2) is 0 Å². The van der Waals surface area contributed by atoms with Crippen molar-refractivity contribution in [3.05, 3.63) is 12.2 Å². The molecule has 1 aliphatic carbocycles. The summed E-state index contributed by atoms with van der Waals surface area (Å²) in [4.78, 5) is 10.6. The average Bonchev–Trinajstić information content (AvgIpc) is 2.34. The van der Waals surface area contributed by atoms with Crippen LogP contribution in [0.15, 0.2) is 12.2 Å². The number of nitrogens with two attached hydrogens (primary N) is 1. The number of hydrogen-bond acceptors (Lipinski definition) is 2. The van der Waals surface area contributed by atoms with E-state index in [1.165, 1.54) is 0 Å². The first kappa shape index (κ1) is 7.28. The molecule has 3 nitrogen and oxygen atoms in total. The molecular weight excluding hydrogens is 128 g/mol. The molecule has 0 aliphatic heterocycles. The van der Waals surface area contributed by atoms with Gasteiger partial charge in [0, 0.05) is 6.04 Å².